The molecule has 0 spiro atoms. The fourth-order valence-electron chi connectivity index (χ4n) is 2.98. The average Bonchev–Trinajstić information content (AvgIpc) is 3.09. The molecule has 0 aliphatic heterocycles. The van der Waals surface area contributed by atoms with E-state index in [1.807, 2.05) is 0 Å². The average molecular weight is 348 g/mol. The van der Waals surface area contributed by atoms with E-state index in [1.54, 1.807) is 33.8 Å². The van der Waals surface area contributed by atoms with Crippen LogP contribution in [-0.2, 0) is 22.4 Å². The summed E-state index contributed by atoms with van der Waals surface area (Å²) in [4.78, 5) is 27.1. The third-order valence-electron chi connectivity index (χ3n) is 4.08. The number of nitrogens with zero attached hydrogens (tertiary/aromatic N) is 1. The maximum absolute atomic E-state index is 14.7. The predicted molar refractivity (Wildman–Crippen MR) is 88.7 cm³/mol. The molecule has 134 valence electrons. The first-order chi connectivity index (χ1) is 11.7. The summed E-state index contributed by atoms with van der Waals surface area (Å²) in [7, 11) is 0. The van der Waals surface area contributed by atoms with Crippen LogP contribution in [0.15, 0.2) is 10.5 Å². The zero-order valence-electron chi connectivity index (χ0n) is 14.7. The molecule has 3 rings (SSSR count). The summed E-state index contributed by atoms with van der Waals surface area (Å²) >= 11 is 0. The molecule has 2 aromatic rings. The second-order valence-corrected chi connectivity index (χ2v) is 7.40. The SMILES string of the molecule is C[C@H](NC(=O)OC(C)(C)C)c1nc2cc3c(c(F)c2o1)CC(C=O)C3. The van der Waals surface area contributed by atoms with Gasteiger partial charge in [-0.15, -0.1) is 0 Å². The second kappa shape index (κ2) is 6.13. The monoisotopic (exact) mass is 348 g/mol. The highest BCUT2D eigenvalue weighted by Crippen LogP contribution is 2.34. The van der Waals surface area contributed by atoms with Gasteiger partial charge in [-0.25, -0.2) is 14.2 Å². The minimum Gasteiger partial charge on any atom is -0.444 e. The molecule has 1 aromatic carbocycles. The number of carbonyl (C=O) groups excluding carboxylic acids is 2. The van der Waals surface area contributed by atoms with Crippen molar-refractivity contribution in [2.45, 2.75) is 52.2 Å². The van der Waals surface area contributed by atoms with E-state index >= 15 is 0 Å². The molecule has 0 fully saturated rings. The smallest absolute Gasteiger partial charge is 0.408 e. The Hall–Kier alpha value is -2.44. The van der Waals surface area contributed by atoms with Crippen LogP contribution in [0.3, 0.4) is 0 Å². The number of rotatable bonds is 3. The zero-order chi connectivity index (χ0) is 18.4. The summed E-state index contributed by atoms with van der Waals surface area (Å²) < 4.78 is 25.4. The van der Waals surface area contributed by atoms with Crippen LogP contribution in [0.2, 0.25) is 0 Å². The summed E-state index contributed by atoms with van der Waals surface area (Å²) in [5.41, 5.74) is 1.12. The first-order valence-electron chi connectivity index (χ1n) is 8.23. The van der Waals surface area contributed by atoms with Gasteiger partial charge in [-0.2, -0.15) is 0 Å². The Balaban J connectivity index is 1.84. The molecule has 1 N–H and O–H groups in total. The van der Waals surface area contributed by atoms with E-state index in [0.717, 1.165) is 11.8 Å². The van der Waals surface area contributed by atoms with Crippen molar-refractivity contribution in [2.75, 3.05) is 0 Å². The van der Waals surface area contributed by atoms with E-state index in [-0.39, 0.29) is 17.4 Å². The van der Waals surface area contributed by atoms with Crippen molar-refractivity contribution in [1.29, 1.82) is 0 Å². The summed E-state index contributed by atoms with van der Waals surface area (Å²) in [5.74, 6) is -0.460. The number of fused-ring (bicyclic) bond motifs is 2. The van der Waals surface area contributed by atoms with Crippen molar-refractivity contribution < 1.29 is 23.1 Å². The van der Waals surface area contributed by atoms with Gasteiger partial charge in [0.15, 0.2) is 11.4 Å². The zero-order valence-corrected chi connectivity index (χ0v) is 14.7. The molecule has 1 amide bonds. The standard InChI is InChI=1S/C18H21FN2O4/c1-9(20-17(23)25-18(2,3)4)16-21-13-7-11-5-10(8-22)6-12(11)14(19)15(13)24-16/h7-10H,5-6H2,1-4H3,(H,20,23)/t9-,10?/m0/s1. The largest absolute Gasteiger partial charge is 0.444 e. The Labute approximate surface area is 144 Å². The topological polar surface area (TPSA) is 81.4 Å². The van der Waals surface area contributed by atoms with Crippen molar-refractivity contribution in [3.63, 3.8) is 0 Å². The lowest BCUT2D eigenvalue weighted by molar-refractivity contribution is -0.110. The summed E-state index contributed by atoms with van der Waals surface area (Å²) in [6.07, 6.45) is 1.15. The molecule has 1 aliphatic carbocycles. The molecule has 1 unspecified atom stereocenters. The molecule has 0 saturated heterocycles. The van der Waals surface area contributed by atoms with Crippen molar-refractivity contribution in [3.8, 4) is 0 Å². The Kier molecular flexibility index (Phi) is 4.26. The molecule has 7 heteroatoms. The molecule has 1 heterocycles. The third kappa shape index (κ3) is 3.50. The van der Waals surface area contributed by atoms with Gasteiger partial charge in [0.2, 0.25) is 5.89 Å². The quantitative estimate of drug-likeness (QED) is 0.859. The number of oxazole rings is 1. The molecule has 0 bridgehead atoms. The van der Waals surface area contributed by atoms with Gasteiger partial charge in [0, 0.05) is 5.92 Å². The van der Waals surface area contributed by atoms with E-state index in [4.69, 9.17) is 9.15 Å². The van der Waals surface area contributed by atoms with Gasteiger partial charge in [0.05, 0.1) is 0 Å². The lowest BCUT2D eigenvalue weighted by atomic mass is 10.1. The highest BCUT2D eigenvalue weighted by Gasteiger charge is 2.28. The molecule has 25 heavy (non-hydrogen) atoms. The molecule has 2 atom stereocenters. The summed E-state index contributed by atoms with van der Waals surface area (Å²) in [6.45, 7) is 6.98. The molecule has 0 radical (unpaired) electrons. The van der Waals surface area contributed by atoms with Gasteiger partial charge in [-0.3, -0.25) is 0 Å². The molecule has 0 saturated carbocycles. The Morgan fingerprint density at radius 3 is 2.84 bits per heavy atom. The number of halogens is 1. The fraction of sp³-hybridized carbons (Fsp3) is 0.500. The number of benzene rings is 1. The number of nitrogens with one attached hydrogen (secondary N) is 1. The van der Waals surface area contributed by atoms with Crippen molar-refractivity contribution in [2.24, 2.45) is 5.92 Å². The highest BCUT2D eigenvalue weighted by atomic mass is 19.1. The van der Waals surface area contributed by atoms with Crippen LogP contribution < -0.4 is 5.32 Å². The maximum atomic E-state index is 14.7. The molecule has 1 aromatic heterocycles. The van der Waals surface area contributed by atoms with Gasteiger partial charge in [0.25, 0.3) is 0 Å². The number of ether oxygens (including phenoxy) is 1. The number of amides is 1. The number of aldehydes is 1. The fourth-order valence-corrected chi connectivity index (χ4v) is 2.98. The molecular formula is C18H21FN2O4. The molecule has 6 nitrogen and oxygen atoms in total. The van der Waals surface area contributed by atoms with Crippen LogP contribution in [0.4, 0.5) is 9.18 Å². The summed E-state index contributed by atoms with van der Waals surface area (Å²) in [5, 5.41) is 2.62. The van der Waals surface area contributed by atoms with E-state index in [2.05, 4.69) is 10.3 Å². The van der Waals surface area contributed by atoms with Crippen molar-refractivity contribution in [3.05, 3.63) is 28.9 Å². The summed E-state index contributed by atoms with van der Waals surface area (Å²) in [6, 6.07) is 1.18. The number of carbonyl (C=O) groups is 2. The van der Waals surface area contributed by atoms with Gasteiger partial charge in [-0.1, -0.05) is 0 Å². The van der Waals surface area contributed by atoms with Crippen molar-refractivity contribution >= 4 is 23.5 Å². The van der Waals surface area contributed by atoms with Crippen LogP contribution in [-0.4, -0.2) is 23.0 Å². The van der Waals surface area contributed by atoms with Gasteiger partial charge < -0.3 is 19.3 Å². The van der Waals surface area contributed by atoms with Crippen molar-refractivity contribution in [1.82, 2.24) is 10.3 Å². The highest BCUT2D eigenvalue weighted by molar-refractivity contribution is 5.77. The number of hydrogen-bond donors (Lipinski definition) is 1. The maximum Gasteiger partial charge on any atom is 0.408 e. The van der Waals surface area contributed by atoms with Crippen LogP contribution in [0, 0.1) is 11.7 Å². The number of alkyl carbamates (subject to hydrolysis) is 1. The van der Waals surface area contributed by atoms with Crippen LogP contribution in [0.25, 0.3) is 11.1 Å². The normalized spacial score (nSPS) is 18.0. The van der Waals surface area contributed by atoms with Gasteiger partial charge in [0.1, 0.15) is 23.4 Å². The number of aromatic nitrogens is 1. The first-order valence-corrected chi connectivity index (χ1v) is 8.23. The number of hydrogen-bond acceptors (Lipinski definition) is 5. The van der Waals surface area contributed by atoms with Crippen LogP contribution in [0.1, 0.15) is 50.8 Å². The lowest BCUT2D eigenvalue weighted by Gasteiger charge is -2.20. The molecule has 1 aliphatic rings. The Morgan fingerprint density at radius 1 is 1.48 bits per heavy atom. The second-order valence-electron chi connectivity index (χ2n) is 7.40. The lowest BCUT2D eigenvalue weighted by Crippen LogP contribution is -2.34. The first kappa shape index (κ1) is 17.4. The Morgan fingerprint density at radius 2 is 2.20 bits per heavy atom. The third-order valence-corrected chi connectivity index (χ3v) is 4.08. The van der Waals surface area contributed by atoms with Crippen LogP contribution in [0.5, 0.6) is 0 Å². The minimum atomic E-state index is -0.618. The molecular weight excluding hydrogens is 327 g/mol. The minimum absolute atomic E-state index is 0.0538. The van der Waals surface area contributed by atoms with E-state index in [9.17, 15) is 14.0 Å². The predicted octanol–water partition coefficient (Wildman–Crippen LogP) is 3.47. The van der Waals surface area contributed by atoms with E-state index in [1.165, 1.54) is 0 Å². The van der Waals surface area contributed by atoms with Gasteiger partial charge >= 0.3 is 6.09 Å². The Bertz CT molecular complexity index is 838. The van der Waals surface area contributed by atoms with E-state index in [0.29, 0.717) is 23.9 Å². The van der Waals surface area contributed by atoms with Gasteiger partial charge in [-0.05, 0) is 57.7 Å². The van der Waals surface area contributed by atoms with Crippen LogP contribution >= 0.6 is 0 Å². The van der Waals surface area contributed by atoms with E-state index < -0.39 is 23.6 Å².